The molecule has 0 aliphatic carbocycles. The number of benzene rings is 1. The number of alkyl halides is 3. The number of halogens is 4. The van der Waals surface area contributed by atoms with Crippen LogP contribution in [0.1, 0.15) is 10.4 Å². The van der Waals surface area contributed by atoms with E-state index in [9.17, 15) is 26.4 Å². The van der Waals surface area contributed by atoms with Gasteiger partial charge in [-0.2, -0.15) is 21.6 Å². The number of hydrogen-bond donors (Lipinski definition) is 0. The van der Waals surface area contributed by atoms with Crippen molar-refractivity contribution in [2.45, 2.75) is 5.51 Å². The van der Waals surface area contributed by atoms with Crippen molar-refractivity contribution in [3.63, 3.8) is 0 Å². The minimum absolute atomic E-state index is 0.0591. The van der Waals surface area contributed by atoms with E-state index < -0.39 is 32.0 Å². The lowest BCUT2D eigenvalue weighted by atomic mass is 10.2. The Labute approximate surface area is 111 Å². The fraction of sp³-hybridized carbons (Fsp3) is 0.222. The highest BCUT2D eigenvalue weighted by Gasteiger charge is 2.49. The molecule has 0 bridgehead atoms. The molecule has 106 valence electrons. The van der Waals surface area contributed by atoms with Crippen LogP contribution in [0.3, 0.4) is 0 Å². The number of rotatable bonds is 4. The van der Waals surface area contributed by atoms with Gasteiger partial charge < -0.3 is 8.92 Å². The Morgan fingerprint density at radius 1 is 1.32 bits per heavy atom. The van der Waals surface area contributed by atoms with Gasteiger partial charge in [-0.05, 0) is 6.07 Å². The van der Waals surface area contributed by atoms with Crippen molar-refractivity contribution in [3.05, 3.63) is 22.7 Å². The molecule has 0 aliphatic rings. The Kier molecular flexibility index (Phi) is 4.31. The quantitative estimate of drug-likeness (QED) is 0.484. The zero-order valence-electron chi connectivity index (χ0n) is 9.19. The third kappa shape index (κ3) is 3.29. The summed E-state index contributed by atoms with van der Waals surface area (Å²) in [5, 5.41) is -0.505. The fourth-order valence-electron chi connectivity index (χ4n) is 1.04. The first-order valence-electron chi connectivity index (χ1n) is 4.46. The zero-order chi connectivity index (χ0) is 14.8. The van der Waals surface area contributed by atoms with Crippen LogP contribution in [0.4, 0.5) is 13.2 Å². The molecular formula is C9H6ClF3O5S. The molecule has 0 saturated heterocycles. The maximum absolute atomic E-state index is 12.2. The molecule has 0 spiro atoms. The molecule has 0 unspecified atom stereocenters. The molecule has 0 N–H and O–H groups in total. The maximum atomic E-state index is 12.2. The van der Waals surface area contributed by atoms with E-state index in [1.54, 1.807) is 0 Å². The van der Waals surface area contributed by atoms with Crippen molar-refractivity contribution in [2.75, 3.05) is 7.11 Å². The van der Waals surface area contributed by atoms with Crippen molar-refractivity contribution >= 4 is 28.0 Å². The van der Waals surface area contributed by atoms with E-state index in [0.29, 0.717) is 0 Å². The Morgan fingerprint density at radius 2 is 1.89 bits per heavy atom. The zero-order valence-corrected chi connectivity index (χ0v) is 10.8. The van der Waals surface area contributed by atoms with E-state index in [1.807, 2.05) is 0 Å². The first-order chi connectivity index (χ1) is 8.62. The van der Waals surface area contributed by atoms with Crippen molar-refractivity contribution in [1.29, 1.82) is 0 Å². The van der Waals surface area contributed by atoms with Gasteiger partial charge in [0.1, 0.15) is 5.75 Å². The molecule has 0 atom stereocenters. The van der Waals surface area contributed by atoms with Gasteiger partial charge in [-0.3, -0.25) is 4.79 Å². The van der Waals surface area contributed by atoms with Crippen LogP contribution in [-0.4, -0.2) is 27.3 Å². The van der Waals surface area contributed by atoms with E-state index >= 15 is 0 Å². The van der Waals surface area contributed by atoms with E-state index in [2.05, 4.69) is 4.18 Å². The minimum atomic E-state index is -5.91. The van der Waals surface area contributed by atoms with Crippen LogP contribution in [0.15, 0.2) is 12.1 Å². The molecule has 19 heavy (non-hydrogen) atoms. The lowest BCUT2D eigenvalue weighted by molar-refractivity contribution is -0.0500. The van der Waals surface area contributed by atoms with Gasteiger partial charge in [0, 0.05) is 6.07 Å². The van der Waals surface area contributed by atoms with Crippen LogP contribution in [0.2, 0.25) is 5.02 Å². The minimum Gasteiger partial charge on any atom is -0.497 e. The average molecular weight is 319 g/mol. The topological polar surface area (TPSA) is 69.7 Å². The van der Waals surface area contributed by atoms with Crippen molar-refractivity contribution in [2.24, 2.45) is 0 Å². The van der Waals surface area contributed by atoms with Gasteiger partial charge >= 0.3 is 15.6 Å². The van der Waals surface area contributed by atoms with Crippen molar-refractivity contribution < 1.29 is 35.3 Å². The van der Waals surface area contributed by atoms with E-state index in [-0.39, 0.29) is 12.0 Å². The summed E-state index contributed by atoms with van der Waals surface area (Å²) in [5.41, 5.74) is -6.12. The van der Waals surface area contributed by atoms with Crippen LogP contribution in [0.5, 0.6) is 11.5 Å². The molecule has 0 aliphatic heterocycles. The molecule has 1 rings (SSSR count). The number of carbonyl (C=O) groups excluding carboxylic acids is 1. The van der Waals surface area contributed by atoms with Crippen LogP contribution < -0.4 is 8.92 Å². The van der Waals surface area contributed by atoms with Gasteiger partial charge in [0.2, 0.25) is 0 Å². The van der Waals surface area contributed by atoms with E-state index in [4.69, 9.17) is 16.3 Å². The van der Waals surface area contributed by atoms with Crippen molar-refractivity contribution in [3.8, 4) is 11.5 Å². The molecule has 0 heterocycles. The summed E-state index contributed by atoms with van der Waals surface area (Å²) < 4.78 is 66.7. The number of hydrogen-bond acceptors (Lipinski definition) is 5. The molecule has 5 nitrogen and oxygen atoms in total. The molecule has 0 aromatic heterocycles. The highest BCUT2D eigenvalue weighted by Crippen LogP contribution is 2.36. The summed E-state index contributed by atoms with van der Waals surface area (Å²) >= 11 is 5.55. The molecule has 0 fully saturated rings. The molecule has 0 radical (unpaired) electrons. The summed E-state index contributed by atoms with van der Waals surface area (Å²) in [4.78, 5) is 10.7. The molecule has 1 aromatic carbocycles. The highest BCUT2D eigenvalue weighted by molar-refractivity contribution is 7.88. The third-order valence-electron chi connectivity index (χ3n) is 1.89. The van der Waals surface area contributed by atoms with Crippen LogP contribution >= 0.6 is 11.6 Å². The van der Waals surface area contributed by atoms with Crippen LogP contribution in [0.25, 0.3) is 0 Å². The van der Waals surface area contributed by atoms with Gasteiger partial charge in [-0.1, -0.05) is 11.6 Å². The first-order valence-corrected chi connectivity index (χ1v) is 6.24. The van der Waals surface area contributed by atoms with Crippen LogP contribution in [-0.2, 0) is 10.1 Å². The van der Waals surface area contributed by atoms with Crippen LogP contribution in [0, 0.1) is 0 Å². The maximum Gasteiger partial charge on any atom is 0.534 e. The number of methoxy groups -OCH3 is 1. The Balaban J connectivity index is 3.33. The monoisotopic (exact) mass is 318 g/mol. The van der Waals surface area contributed by atoms with Gasteiger partial charge in [0.05, 0.1) is 17.7 Å². The highest BCUT2D eigenvalue weighted by atomic mass is 35.5. The second-order valence-electron chi connectivity index (χ2n) is 3.13. The summed E-state index contributed by atoms with van der Waals surface area (Å²) in [7, 11) is -4.68. The molecule has 10 heteroatoms. The Bertz CT molecular complexity index is 597. The second kappa shape index (κ2) is 5.25. The SMILES string of the molecule is COc1cc(Cl)c(OS(=O)(=O)C(F)(F)F)c(C=O)c1. The van der Waals surface area contributed by atoms with E-state index in [0.717, 1.165) is 12.1 Å². The van der Waals surface area contributed by atoms with Gasteiger partial charge in [-0.25, -0.2) is 0 Å². The van der Waals surface area contributed by atoms with Gasteiger partial charge in [0.15, 0.2) is 12.0 Å². The van der Waals surface area contributed by atoms with Gasteiger partial charge in [-0.15, -0.1) is 0 Å². The normalized spacial score (nSPS) is 12.1. The molecular weight excluding hydrogens is 313 g/mol. The lowest BCUT2D eigenvalue weighted by Crippen LogP contribution is -2.28. The lowest BCUT2D eigenvalue weighted by Gasteiger charge is -2.13. The predicted molar refractivity (Wildman–Crippen MR) is 59.0 cm³/mol. The average Bonchev–Trinajstić information content (AvgIpc) is 2.29. The van der Waals surface area contributed by atoms with Gasteiger partial charge in [0.25, 0.3) is 0 Å². The second-order valence-corrected chi connectivity index (χ2v) is 5.07. The largest absolute Gasteiger partial charge is 0.534 e. The molecule has 0 amide bonds. The number of carbonyl (C=O) groups is 1. The van der Waals surface area contributed by atoms with Crippen molar-refractivity contribution in [1.82, 2.24) is 0 Å². The Morgan fingerprint density at radius 3 is 2.32 bits per heavy atom. The standard InChI is InChI=1S/C9H6ClF3O5S/c1-17-6-2-5(4-14)8(7(10)3-6)18-19(15,16)9(11,12)13/h2-4H,1H3. The summed E-state index contributed by atoms with van der Waals surface area (Å²) in [6.45, 7) is 0. The number of aldehydes is 1. The summed E-state index contributed by atoms with van der Waals surface area (Å²) in [5.74, 6) is -0.848. The predicted octanol–water partition coefficient (Wildman–Crippen LogP) is 2.39. The summed E-state index contributed by atoms with van der Waals surface area (Å²) in [6.07, 6.45) is 0.0929. The molecule has 1 aromatic rings. The third-order valence-corrected chi connectivity index (χ3v) is 3.12. The first kappa shape index (κ1) is 15.6. The number of ether oxygens (including phenoxy) is 1. The molecule has 0 saturated carbocycles. The Hall–Kier alpha value is -1.48. The van der Waals surface area contributed by atoms with E-state index in [1.165, 1.54) is 7.11 Å². The summed E-state index contributed by atoms with van der Waals surface area (Å²) in [6, 6.07) is 2.00. The smallest absolute Gasteiger partial charge is 0.497 e. The fourth-order valence-corrected chi connectivity index (χ4v) is 1.84.